The minimum Gasteiger partial charge on any atom is -0.497 e. The molecule has 1 saturated heterocycles. The summed E-state index contributed by atoms with van der Waals surface area (Å²) in [5.41, 5.74) is 2.35. The minimum absolute atomic E-state index is 0.728. The molecule has 3 aromatic rings. The zero-order valence-electron chi connectivity index (χ0n) is 16.6. The molecule has 2 heterocycles. The fourth-order valence-electron chi connectivity index (χ4n) is 3.56. The third-order valence-corrected chi connectivity index (χ3v) is 6.26. The number of benzene rings is 2. The lowest BCUT2D eigenvalue weighted by atomic mass is 10.1. The molecule has 0 amide bonds. The third kappa shape index (κ3) is 5.26. The van der Waals surface area contributed by atoms with Gasteiger partial charge < -0.3 is 9.64 Å². The van der Waals surface area contributed by atoms with Crippen LogP contribution in [0.5, 0.6) is 5.75 Å². The molecule has 2 aromatic carbocycles. The van der Waals surface area contributed by atoms with Gasteiger partial charge in [0, 0.05) is 48.3 Å². The number of nitrogens with zero attached hydrogens (tertiary/aromatic N) is 4. The molecule has 7 heteroatoms. The largest absolute Gasteiger partial charge is 0.497 e. The first-order valence-electron chi connectivity index (χ1n) is 9.91. The van der Waals surface area contributed by atoms with E-state index in [0.717, 1.165) is 72.9 Å². The van der Waals surface area contributed by atoms with Crippen LogP contribution in [0.25, 0.3) is 11.4 Å². The van der Waals surface area contributed by atoms with E-state index in [4.69, 9.17) is 21.3 Å². The lowest BCUT2D eigenvalue weighted by molar-refractivity contribution is 0.255. The SMILES string of the molecule is COc1cccc(CCCN2CCN(c3nc(-c4ccc(Cl)cc4)ns3)CC2)c1. The Morgan fingerprint density at radius 1 is 1.07 bits per heavy atom. The van der Waals surface area contributed by atoms with Crippen LogP contribution in [0.1, 0.15) is 12.0 Å². The maximum Gasteiger partial charge on any atom is 0.205 e. The molecule has 152 valence electrons. The topological polar surface area (TPSA) is 41.5 Å². The van der Waals surface area contributed by atoms with Crippen LogP contribution in [0, 0.1) is 0 Å². The predicted octanol–water partition coefficient (Wildman–Crippen LogP) is 4.62. The number of hydrogen-bond donors (Lipinski definition) is 0. The summed E-state index contributed by atoms with van der Waals surface area (Å²) >= 11 is 7.44. The van der Waals surface area contributed by atoms with E-state index >= 15 is 0 Å². The van der Waals surface area contributed by atoms with E-state index in [1.807, 2.05) is 30.3 Å². The molecule has 0 bridgehead atoms. The number of ether oxygens (including phenoxy) is 1. The molecule has 0 radical (unpaired) electrons. The van der Waals surface area contributed by atoms with Crippen molar-refractivity contribution in [1.82, 2.24) is 14.3 Å². The summed E-state index contributed by atoms with van der Waals surface area (Å²) in [7, 11) is 1.72. The van der Waals surface area contributed by atoms with Gasteiger partial charge in [0.15, 0.2) is 5.82 Å². The van der Waals surface area contributed by atoms with Crippen molar-refractivity contribution in [3.63, 3.8) is 0 Å². The van der Waals surface area contributed by atoms with E-state index in [-0.39, 0.29) is 0 Å². The molecule has 1 aliphatic rings. The Bertz CT molecular complexity index is 923. The molecule has 0 unspecified atom stereocenters. The quantitative estimate of drug-likeness (QED) is 0.549. The first kappa shape index (κ1) is 20.1. The van der Waals surface area contributed by atoms with E-state index < -0.39 is 0 Å². The van der Waals surface area contributed by atoms with Crippen molar-refractivity contribution in [3.8, 4) is 17.1 Å². The average Bonchev–Trinajstić information content (AvgIpc) is 3.25. The Morgan fingerprint density at radius 3 is 2.62 bits per heavy atom. The summed E-state index contributed by atoms with van der Waals surface area (Å²) in [4.78, 5) is 9.62. The van der Waals surface area contributed by atoms with Crippen molar-refractivity contribution in [2.75, 3.05) is 44.7 Å². The Morgan fingerprint density at radius 2 is 1.86 bits per heavy atom. The van der Waals surface area contributed by atoms with Gasteiger partial charge in [-0.3, -0.25) is 4.90 Å². The van der Waals surface area contributed by atoms with Crippen molar-refractivity contribution in [2.24, 2.45) is 0 Å². The highest BCUT2D eigenvalue weighted by molar-refractivity contribution is 7.09. The number of anilines is 1. The van der Waals surface area contributed by atoms with E-state index in [2.05, 4.69) is 32.4 Å². The maximum absolute atomic E-state index is 5.97. The molecule has 1 aromatic heterocycles. The van der Waals surface area contributed by atoms with Gasteiger partial charge in [-0.25, -0.2) is 0 Å². The van der Waals surface area contributed by atoms with Gasteiger partial charge in [0.05, 0.1) is 7.11 Å². The number of hydrogen-bond acceptors (Lipinski definition) is 6. The van der Waals surface area contributed by atoms with Crippen molar-refractivity contribution in [2.45, 2.75) is 12.8 Å². The monoisotopic (exact) mass is 428 g/mol. The van der Waals surface area contributed by atoms with Crippen LogP contribution in [0.15, 0.2) is 48.5 Å². The van der Waals surface area contributed by atoms with Gasteiger partial charge in [0.25, 0.3) is 0 Å². The normalized spacial score (nSPS) is 14.9. The Kier molecular flexibility index (Phi) is 6.64. The number of halogens is 1. The van der Waals surface area contributed by atoms with Crippen LogP contribution in [-0.4, -0.2) is 54.1 Å². The molecule has 1 aliphatic heterocycles. The number of piperazine rings is 1. The van der Waals surface area contributed by atoms with Gasteiger partial charge in [-0.2, -0.15) is 9.36 Å². The lowest BCUT2D eigenvalue weighted by Gasteiger charge is -2.34. The fraction of sp³-hybridized carbons (Fsp3) is 0.364. The highest BCUT2D eigenvalue weighted by Gasteiger charge is 2.20. The van der Waals surface area contributed by atoms with Crippen LogP contribution < -0.4 is 9.64 Å². The molecule has 0 atom stereocenters. The van der Waals surface area contributed by atoms with Crippen LogP contribution in [0.3, 0.4) is 0 Å². The van der Waals surface area contributed by atoms with Gasteiger partial charge >= 0.3 is 0 Å². The van der Waals surface area contributed by atoms with E-state index in [9.17, 15) is 0 Å². The molecule has 0 aliphatic carbocycles. The second-order valence-electron chi connectivity index (χ2n) is 7.19. The van der Waals surface area contributed by atoms with Crippen LogP contribution in [0.4, 0.5) is 5.13 Å². The van der Waals surface area contributed by atoms with E-state index in [1.54, 1.807) is 7.11 Å². The van der Waals surface area contributed by atoms with Crippen LogP contribution in [-0.2, 0) is 6.42 Å². The smallest absolute Gasteiger partial charge is 0.205 e. The summed E-state index contributed by atoms with van der Waals surface area (Å²) in [5, 5.41) is 1.73. The van der Waals surface area contributed by atoms with Gasteiger partial charge in [-0.1, -0.05) is 23.7 Å². The summed E-state index contributed by atoms with van der Waals surface area (Å²) in [6.07, 6.45) is 2.24. The second-order valence-corrected chi connectivity index (χ2v) is 8.36. The highest BCUT2D eigenvalue weighted by Crippen LogP contribution is 2.26. The maximum atomic E-state index is 5.97. The Labute approximate surface area is 181 Å². The molecular formula is C22H25ClN4OS. The third-order valence-electron chi connectivity index (χ3n) is 5.23. The summed E-state index contributed by atoms with van der Waals surface area (Å²) < 4.78 is 9.84. The summed E-state index contributed by atoms with van der Waals surface area (Å²) in [5.74, 6) is 1.72. The zero-order valence-corrected chi connectivity index (χ0v) is 18.1. The zero-order chi connectivity index (χ0) is 20.1. The van der Waals surface area contributed by atoms with Crippen molar-refractivity contribution in [3.05, 3.63) is 59.1 Å². The number of methoxy groups -OCH3 is 1. The van der Waals surface area contributed by atoms with Gasteiger partial charge in [0.1, 0.15) is 5.75 Å². The molecule has 0 spiro atoms. The molecule has 5 nitrogen and oxygen atoms in total. The molecule has 1 fully saturated rings. The molecule has 4 rings (SSSR count). The Hall–Kier alpha value is -2.15. The lowest BCUT2D eigenvalue weighted by Crippen LogP contribution is -2.46. The first-order valence-corrected chi connectivity index (χ1v) is 11.1. The summed E-state index contributed by atoms with van der Waals surface area (Å²) in [6, 6.07) is 16.0. The van der Waals surface area contributed by atoms with Gasteiger partial charge in [-0.15, -0.1) is 0 Å². The standard InChI is InChI=1S/C22H25ClN4OS/c1-28-20-6-2-4-17(16-20)5-3-11-26-12-14-27(15-13-26)22-24-21(25-29-22)18-7-9-19(23)10-8-18/h2,4,6-10,16H,3,5,11-15H2,1H3. The molecule has 0 N–H and O–H groups in total. The number of aromatic nitrogens is 2. The van der Waals surface area contributed by atoms with E-state index in [0.29, 0.717) is 0 Å². The summed E-state index contributed by atoms with van der Waals surface area (Å²) in [6.45, 7) is 5.24. The number of rotatable bonds is 7. The molecule has 0 saturated carbocycles. The van der Waals surface area contributed by atoms with E-state index in [1.165, 1.54) is 17.1 Å². The van der Waals surface area contributed by atoms with Gasteiger partial charge in [0.2, 0.25) is 5.13 Å². The van der Waals surface area contributed by atoms with Crippen molar-refractivity contribution < 1.29 is 4.74 Å². The number of aryl methyl sites for hydroxylation is 1. The van der Waals surface area contributed by atoms with Gasteiger partial charge in [-0.05, 0) is 61.3 Å². The molecular weight excluding hydrogens is 404 g/mol. The van der Waals surface area contributed by atoms with Crippen molar-refractivity contribution in [1.29, 1.82) is 0 Å². The predicted molar refractivity (Wildman–Crippen MR) is 120 cm³/mol. The first-order chi connectivity index (χ1) is 14.2. The second kappa shape index (κ2) is 9.57. The molecule has 29 heavy (non-hydrogen) atoms. The van der Waals surface area contributed by atoms with Crippen LogP contribution >= 0.6 is 23.1 Å². The van der Waals surface area contributed by atoms with Crippen LogP contribution in [0.2, 0.25) is 5.02 Å². The van der Waals surface area contributed by atoms with Crippen molar-refractivity contribution >= 4 is 28.3 Å². The minimum atomic E-state index is 0.728. The Balaban J connectivity index is 1.25. The average molecular weight is 429 g/mol. The fourth-order valence-corrected chi connectivity index (χ4v) is 4.42. The highest BCUT2D eigenvalue weighted by atomic mass is 35.5.